The van der Waals surface area contributed by atoms with Crippen molar-refractivity contribution in [3.63, 3.8) is 0 Å². The van der Waals surface area contributed by atoms with Gasteiger partial charge in [0.05, 0.1) is 11.9 Å². The summed E-state index contributed by atoms with van der Waals surface area (Å²) in [5.41, 5.74) is 3.72. The van der Waals surface area contributed by atoms with Crippen LogP contribution in [0.15, 0.2) is 66.9 Å². The lowest BCUT2D eigenvalue weighted by Gasteiger charge is -2.17. The Balaban J connectivity index is 1.37. The van der Waals surface area contributed by atoms with Gasteiger partial charge in [0.15, 0.2) is 0 Å². The number of benzene rings is 2. The molecule has 6 heteroatoms. The second-order valence-electron chi connectivity index (χ2n) is 6.76. The minimum absolute atomic E-state index is 0.262. The van der Waals surface area contributed by atoms with Crippen molar-refractivity contribution in [1.82, 2.24) is 4.98 Å². The molecule has 3 aromatic rings. The molecule has 0 saturated carbocycles. The van der Waals surface area contributed by atoms with Crippen molar-refractivity contribution in [3.05, 3.63) is 78.4 Å². The Kier molecular flexibility index (Phi) is 5.19. The Morgan fingerprint density at radius 1 is 0.857 bits per heavy atom. The van der Waals surface area contributed by atoms with E-state index < -0.39 is 0 Å². The fraction of sp³-hybridized carbons (Fsp3) is 0.182. The van der Waals surface area contributed by atoms with E-state index in [-0.39, 0.29) is 11.7 Å². The zero-order chi connectivity index (χ0) is 19.3. The summed E-state index contributed by atoms with van der Waals surface area (Å²) in [6, 6.07) is 17.4. The van der Waals surface area contributed by atoms with E-state index in [1.54, 1.807) is 30.5 Å². The number of carbonyl (C=O) groups is 1. The first kappa shape index (κ1) is 18.0. The molecule has 1 saturated heterocycles. The number of halogens is 1. The van der Waals surface area contributed by atoms with Gasteiger partial charge < -0.3 is 15.5 Å². The van der Waals surface area contributed by atoms with Gasteiger partial charge in [0.2, 0.25) is 0 Å². The number of hydrogen-bond donors (Lipinski definition) is 2. The van der Waals surface area contributed by atoms with Gasteiger partial charge in [-0.2, -0.15) is 0 Å². The number of rotatable bonds is 5. The Morgan fingerprint density at radius 3 is 2.14 bits per heavy atom. The van der Waals surface area contributed by atoms with Crippen molar-refractivity contribution in [3.8, 4) is 0 Å². The number of anilines is 4. The average Bonchev–Trinajstić information content (AvgIpc) is 3.26. The van der Waals surface area contributed by atoms with Crippen LogP contribution in [0.4, 0.5) is 27.1 Å². The van der Waals surface area contributed by atoms with Crippen LogP contribution in [0.2, 0.25) is 0 Å². The highest BCUT2D eigenvalue weighted by atomic mass is 19.1. The standard InChI is InChI=1S/C22H21FN4O/c23-16-3-5-17(6-4-16)25-19-9-12-21(24-15-19)22(28)26-18-7-10-20(11-8-18)27-13-1-2-14-27/h3-12,15,25H,1-2,13-14H2,(H,26,28). The molecule has 1 fully saturated rings. The molecule has 1 aliphatic rings. The quantitative estimate of drug-likeness (QED) is 0.670. The lowest BCUT2D eigenvalue weighted by atomic mass is 10.2. The van der Waals surface area contributed by atoms with Gasteiger partial charge in [0.25, 0.3) is 5.91 Å². The third kappa shape index (κ3) is 4.28. The van der Waals surface area contributed by atoms with E-state index in [1.807, 2.05) is 24.3 Å². The van der Waals surface area contributed by atoms with Crippen LogP contribution in [0.5, 0.6) is 0 Å². The third-order valence-electron chi connectivity index (χ3n) is 4.73. The van der Waals surface area contributed by atoms with Gasteiger partial charge in [-0.1, -0.05) is 0 Å². The summed E-state index contributed by atoms with van der Waals surface area (Å²) < 4.78 is 13.0. The van der Waals surface area contributed by atoms with Crippen molar-refractivity contribution in [2.45, 2.75) is 12.8 Å². The number of nitrogens with one attached hydrogen (secondary N) is 2. The van der Waals surface area contributed by atoms with E-state index in [0.29, 0.717) is 5.69 Å². The van der Waals surface area contributed by atoms with Gasteiger partial charge in [0, 0.05) is 30.2 Å². The Morgan fingerprint density at radius 2 is 1.50 bits per heavy atom. The predicted molar refractivity (Wildman–Crippen MR) is 110 cm³/mol. The van der Waals surface area contributed by atoms with Crippen molar-refractivity contribution < 1.29 is 9.18 Å². The molecule has 2 heterocycles. The molecule has 0 bridgehead atoms. The summed E-state index contributed by atoms with van der Waals surface area (Å²) in [5.74, 6) is -0.550. The van der Waals surface area contributed by atoms with Crippen LogP contribution < -0.4 is 15.5 Å². The van der Waals surface area contributed by atoms with Crippen LogP contribution in [0.25, 0.3) is 0 Å². The number of nitrogens with zero attached hydrogens (tertiary/aromatic N) is 2. The molecular weight excluding hydrogens is 355 g/mol. The van der Waals surface area contributed by atoms with Crippen molar-refractivity contribution in [2.75, 3.05) is 28.6 Å². The summed E-state index contributed by atoms with van der Waals surface area (Å²) in [6.45, 7) is 2.18. The average molecular weight is 376 g/mol. The molecule has 5 nitrogen and oxygen atoms in total. The van der Waals surface area contributed by atoms with Gasteiger partial charge in [-0.05, 0) is 73.5 Å². The van der Waals surface area contributed by atoms with Gasteiger partial charge in [-0.3, -0.25) is 4.79 Å². The number of carbonyl (C=O) groups excluding carboxylic acids is 1. The highest BCUT2D eigenvalue weighted by molar-refractivity contribution is 6.03. The molecule has 0 atom stereocenters. The number of pyridine rings is 1. The van der Waals surface area contributed by atoms with E-state index in [0.717, 1.165) is 30.2 Å². The summed E-state index contributed by atoms with van der Waals surface area (Å²) >= 11 is 0. The van der Waals surface area contributed by atoms with Crippen molar-refractivity contribution in [1.29, 1.82) is 0 Å². The fourth-order valence-corrected chi connectivity index (χ4v) is 3.23. The van der Waals surface area contributed by atoms with Crippen LogP contribution in [-0.2, 0) is 0 Å². The number of amides is 1. The summed E-state index contributed by atoms with van der Waals surface area (Å²) in [7, 11) is 0. The normalized spacial score (nSPS) is 13.4. The minimum atomic E-state index is -0.288. The Labute approximate surface area is 163 Å². The monoisotopic (exact) mass is 376 g/mol. The first-order chi connectivity index (χ1) is 13.7. The summed E-state index contributed by atoms with van der Waals surface area (Å²) in [5, 5.41) is 5.98. The molecule has 2 aromatic carbocycles. The molecule has 0 unspecified atom stereocenters. The van der Waals surface area contributed by atoms with Crippen LogP contribution >= 0.6 is 0 Å². The van der Waals surface area contributed by atoms with E-state index >= 15 is 0 Å². The minimum Gasteiger partial charge on any atom is -0.372 e. The Hall–Kier alpha value is -3.41. The maximum atomic E-state index is 13.0. The van der Waals surface area contributed by atoms with Gasteiger partial charge >= 0.3 is 0 Å². The largest absolute Gasteiger partial charge is 0.372 e. The molecule has 0 spiro atoms. The van der Waals surface area contributed by atoms with Crippen molar-refractivity contribution in [2.24, 2.45) is 0 Å². The molecule has 0 radical (unpaired) electrons. The van der Waals surface area contributed by atoms with Crippen LogP contribution in [0.1, 0.15) is 23.3 Å². The molecule has 142 valence electrons. The van der Waals surface area contributed by atoms with Crippen LogP contribution in [0, 0.1) is 5.82 Å². The molecule has 2 N–H and O–H groups in total. The number of aromatic nitrogens is 1. The SMILES string of the molecule is O=C(Nc1ccc(N2CCCC2)cc1)c1ccc(Nc2ccc(F)cc2)cn1. The highest BCUT2D eigenvalue weighted by Gasteiger charge is 2.13. The van der Waals surface area contributed by atoms with Crippen molar-refractivity contribution >= 4 is 28.7 Å². The van der Waals surface area contributed by atoms with E-state index in [9.17, 15) is 9.18 Å². The van der Waals surface area contributed by atoms with Gasteiger partial charge in [0.1, 0.15) is 11.5 Å². The lowest BCUT2D eigenvalue weighted by molar-refractivity contribution is 0.102. The zero-order valence-corrected chi connectivity index (χ0v) is 15.4. The Bertz CT molecular complexity index is 934. The summed E-state index contributed by atoms with van der Waals surface area (Å²) in [4.78, 5) is 19.0. The topological polar surface area (TPSA) is 57.3 Å². The van der Waals surface area contributed by atoms with Gasteiger partial charge in [-0.25, -0.2) is 9.37 Å². The molecule has 1 aliphatic heterocycles. The molecular formula is C22H21FN4O. The third-order valence-corrected chi connectivity index (χ3v) is 4.73. The maximum absolute atomic E-state index is 13.0. The van der Waals surface area contributed by atoms with Crippen LogP contribution in [-0.4, -0.2) is 24.0 Å². The molecule has 1 amide bonds. The highest BCUT2D eigenvalue weighted by Crippen LogP contribution is 2.22. The first-order valence-corrected chi connectivity index (χ1v) is 9.32. The first-order valence-electron chi connectivity index (χ1n) is 9.32. The lowest BCUT2D eigenvalue weighted by Crippen LogP contribution is -2.17. The van der Waals surface area contributed by atoms with E-state index in [2.05, 4.69) is 20.5 Å². The molecule has 1 aromatic heterocycles. The fourth-order valence-electron chi connectivity index (χ4n) is 3.23. The maximum Gasteiger partial charge on any atom is 0.274 e. The second kappa shape index (κ2) is 8.08. The number of hydrogen-bond acceptors (Lipinski definition) is 4. The zero-order valence-electron chi connectivity index (χ0n) is 15.4. The predicted octanol–water partition coefficient (Wildman–Crippen LogP) is 4.82. The molecule has 4 rings (SSSR count). The molecule has 0 aliphatic carbocycles. The second-order valence-corrected chi connectivity index (χ2v) is 6.76. The van der Waals surface area contributed by atoms with E-state index in [1.165, 1.54) is 30.7 Å². The summed E-state index contributed by atoms with van der Waals surface area (Å²) in [6.07, 6.45) is 4.04. The van der Waals surface area contributed by atoms with Crippen LogP contribution in [0.3, 0.4) is 0 Å². The van der Waals surface area contributed by atoms with E-state index in [4.69, 9.17) is 0 Å². The van der Waals surface area contributed by atoms with Gasteiger partial charge in [-0.15, -0.1) is 0 Å². The molecule has 28 heavy (non-hydrogen) atoms. The smallest absolute Gasteiger partial charge is 0.274 e.